The molecule has 1 fully saturated rings. The van der Waals surface area contributed by atoms with Gasteiger partial charge in [0.2, 0.25) is 0 Å². The first-order chi connectivity index (χ1) is 11.6. The molecule has 1 aromatic carbocycles. The van der Waals surface area contributed by atoms with Crippen molar-refractivity contribution in [2.24, 2.45) is 5.92 Å². The van der Waals surface area contributed by atoms with Crippen LogP contribution in [0.25, 0.3) is 0 Å². The summed E-state index contributed by atoms with van der Waals surface area (Å²) >= 11 is 0. The molecule has 0 aliphatic carbocycles. The van der Waals surface area contributed by atoms with Crippen LogP contribution in [0.5, 0.6) is 0 Å². The Hall–Kier alpha value is -2.21. The van der Waals surface area contributed by atoms with Crippen LogP contribution in [0.4, 0.5) is 0 Å². The Morgan fingerprint density at radius 1 is 1.25 bits per heavy atom. The number of esters is 3. The highest BCUT2D eigenvalue weighted by atomic mass is 16.6. The molecule has 0 amide bonds. The lowest BCUT2D eigenvalue weighted by atomic mass is 9.95. The van der Waals surface area contributed by atoms with Gasteiger partial charge in [-0.15, -0.1) is 0 Å². The molecule has 2 atom stereocenters. The SMILES string of the molecule is COC(=O)CCC(Cc1ccccc1)C(=O)OC(=O)[C@@H]1CCCN1. The molecule has 0 aromatic heterocycles. The van der Waals surface area contributed by atoms with E-state index in [0.29, 0.717) is 12.8 Å². The molecule has 1 unspecified atom stereocenters. The molecule has 24 heavy (non-hydrogen) atoms. The Kier molecular flexibility index (Phi) is 6.93. The van der Waals surface area contributed by atoms with E-state index in [0.717, 1.165) is 18.5 Å². The van der Waals surface area contributed by atoms with Crippen molar-refractivity contribution >= 4 is 17.9 Å². The molecule has 6 heteroatoms. The van der Waals surface area contributed by atoms with Crippen molar-refractivity contribution < 1.29 is 23.9 Å². The zero-order chi connectivity index (χ0) is 17.4. The maximum absolute atomic E-state index is 12.4. The van der Waals surface area contributed by atoms with E-state index in [9.17, 15) is 14.4 Å². The highest BCUT2D eigenvalue weighted by Gasteiger charge is 2.29. The number of ether oxygens (including phenoxy) is 2. The summed E-state index contributed by atoms with van der Waals surface area (Å²) in [6.45, 7) is 0.754. The lowest BCUT2D eigenvalue weighted by Gasteiger charge is -2.16. The predicted molar refractivity (Wildman–Crippen MR) is 87.0 cm³/mol. The Bertz CT molecular complexity index is 566. The average molecular weight is 333 g/mol. The minimum Gasteiger partial charge on any atom is -0.469 e. The molecule has 1 saturated heterocycles. The number of methoxy groups -OCH3 is 1. The summed E-state index contributed by atoms with van der Waals surface area (Å²) in [4.78, 5) is 35.8. The first-order valence-electron chi connectivity index (χ1n) is 8.20. The number of carbonyl (C=O) groups is 3. The Morgan fingerprint density at radius 2 is 2.00 bits per heavy atom. The summed E-state index contributed by atoms with van der Waals surface area (Å²) in [6, 6.07) is 9.04. The van der Waals surface area contributed by atoms with Crippen LogP contribution in [-0.4, -0.2) is 37.6 Å². The summed E-state index contributed by atoms with van der Waals surface area (Å²) in [5.74, 6) is -2.06. The fourth-order valence-corrected chi connectivity index (χ4v) is 2.74. The molecule has 0 radical (unpaired) electrons. The van der Waals surface area contributed by atoms with Gasteiger partial charge in [-0.2, -0.15) is 0 Å². The summed E-state index contributed by atoms with van der Waals surface area (Å²) in [7, 11) is 1.31. The van der Waals surface area contributed by atoms with Gasteiger partial charge in [0.1, 0.15) is 6.04 Å². The van der Waals surface area contributed by atoms with Gasteiger partial charge in [0.25, 0.3) is 0 Å². The van der Waals surface area contributed by atoms with Gasteiger partial charge in [0.05, 0.1) is 13.0 Å². The van der Waals surface area contributed by atoms with Crippen molar-refractivity contribution in [2.75, 3.05) is 13.7 Å². The molecule has 1 aliphatic heterocycles. The molecule has 1 heterocycles. The van der Waals surface area contributed by atoms with Crippen molar-refractivity contribution in [3.05, 3.63) is 35.9 Å². The van der Waals surface area contributed by atoms with Crippen molar-refractivity contribution in [1.82, 2.24) is 5.32 Å². The minimum atomic E-state index is -0.582. The number of nitrogens with one attached hydrogen (secondary N) is 1. The fraction of sp³-hybridized carbons (Fsp3) is 0.500. The molecule has 0 bridgehead atoms. The largest absolute Gasteiger partial charge is 0.469 e. The maximum atomic E-state index is 12.4. The van der Waals surface area contributed by atoms with Gasteiger partial charge in [0, 0.05) is 6.42 Å². The van der Waals surface area contributed by atoms with E-state index in [1.165, 1.54) is 7.11 Å². The average Bonchev–Trinajstić information content (AvgIpc) is 3.13. The topological polar surface area (TPSA) is 81.7 Å². The van der Waals surface area contributed by atoms with Crippen LogP contribution >= 0.6 is 0 Å². The van der Waals surface area contributed by atoms with Gasteiger partial charge in [0.15, 0.2) is 0 Å². The summed E-state index contributed by atoms with van der Waals surface area (Å²) < 4.78 is 9.67. The van der Waals surface area contributed by atoms with E-state index < -0.39 is 23.9 Å². The predicted octanol–water partition coefficient (Wildman–Crippen LogP) is 1.62. The normalized spacial score (nSPS) is 18.0. The third-order valence-corrected chi connectivity index (χ3v) is 4.13. The van der Waals surface area contributed by atoms with Gasteiger partial charge in [-0.3, -0.25) is 9.59 Å². The summed E-state index contributed by atoms with van der Waals surface area (Å²) in [5.41, 5.74) is 0.954. The smallest absolute Gasteiger partial charge is 0.330 e. The van der Waals surface area contributed by atoms with Crippen molar-refractivity contribution in [3.8, 4) is 0 Å². The van der Waals surface area contributed by atoms with Crippen LogP contribution in [0, 0.1) is 5.92 Å². The summed E-state index contributed by atoms with van der Waals surface area (Å²) in [6.07, 6.45) is 2.38. The first kappa shape index (κ1) is 18.1. The van der Waals surface area contributed by atoms with E-state index in [4.69, 9.17) is 4.74 Å². The molecule has 130 valence electrons. The highest BCUT2D eigenvalue weighted by Crippen LogP contribution is 2.18. The molecule has 1 N–H and O–H groups in total. The van der Waals surface area contributed by atoms with Crippen LogP contribution in [0.15, 0.2) is 30.3 Å². The van der Waals surface area contributed by atoms with Crippen molar-refractivity contribution in [2.45, 2.75) is 38.1 Å². The van der Waals surface area contributed by atoms with Crippen LogP contribution in [0.1, 0.15) is 31.2 Å². The first-order valence-corrected chi connectivity index (χ1v) is 8.20. The van der Waals surface area contributed by atoms with E-state index in [2.05, 4.69) is 10.1 Å². The third-order valence-electron chi connectivity index (χ3n) is 4.13. The van der Waals surface area contributed by atoms with E-state index >= 15 is 0 Å². The molecular weight excluding hydrogens is 310 g/mol. The molecule has 0 spiro atoms. The van der Waals surface area contributed by atoms with Crippen LogP contribution < -0.4 is 5.32 Å². The second-order valence-corrected chi connectivity index (χ2v) is 5.89. The Labute approximate surface area is 141 Å². The van der Waals surface area contributed by atoms with Crippen molar-refractivity contribution in [3.63, 3.8) is 0 Å². The quantitative estimate of drug-likeness (QED) is 0.603. The van der Waals surface area contributed by atoms with Crippen molar-refractivity contribution in [1.29, 1.82) is 0 Å². The zero-order valence-corrected chi connectivity index (χ0v) is 13.8. The minimum absolute atomic E-state index is 0.110. The lowest BCUT2D eigenvalue weighted by Crippen LogP contribution is -2.35. The molecule has 1 aliphatic rings. The van der Waals surface area contributed by atoms with E-state index in [1.807, 2.05) is 30.3 Å². The lowest BCUT2D eigenvalue weighted by molar-refractivity contribution is -0.164. The van der Waals surface area contributed by atoms with Gasteiger partial charge in [-0.1, -0.05) is 30.3 Å². The number of benzene rings is 1. The number of hydrogen-bond acceptors (Lipinski definition) is 6. The van der Waals surface area contributed by atoms with E-state index in [-0.39, 0.29) is 18.8 Å². The third kappa shape index (κ3) is 5.45. The second kappa shape index (κ2) is 9.17. The molecule has 2 rings (SSSR count). The number of rotatable bonds is 7. The molecule has 0 saturated carbocycles. The number of carbonyl (C=O) groups excluding carboxylic acids is 3. The van der Waals surface area contributed by atoms with Gasteiger partial charge in [-0.25, -0.2) is 4.79 Å². The number of hydrogen-bond donors (Lipinski definition) is 1. The zero-order valence-electron chi connectivity index (χ0n) is 13.8. The maximum Gasteiger partial charge on any atom is 0.330 e. The van der Waals surface area contributed by atoms with Gasteiger partial charge < -0.3 is 14.8 Å². The monoisotopic (exact) mass is 333 g/mol. The summed E-state index contributed by atoms with van der Waals surface area (Å²) in [5, 5.41) is 3.01. The van der Waals surface area contributed by atoms with Crippen LogP contribution in [-0.2, 0) is 30.3 Å². The highest BCUT2D eigenvalue weighted by molar-refractivity contribution is 5.90. The fourth-order valence-electron chi connectivity index (χ4n) is 2.74. The van der Waals surface area contributed by atoms with Crippen LogP contribution in [0.3, 0.4) is 0 Å². The van der Waals surface area contributed by atoms with E-state index in [1.54, 1.807) is 0 Å². The Balaban J connectivity index is 1.98. The molecular formula is C18H23NO5. The second-order valence-electron chi connectivity index (χ2n) is 5.89. The standard InChI is InChI=1S/C18H23NO5/c1-23-16(20)10-9-14(12-13-6-3-2-4-7-13)17(21)24-18(22)15-8-5-11-19-15/h2-4,6-7,14-15,19H,5,8-12H2,1H3/t14?,15-/m0/s1. The van der Waals surface area contributed by atoms with Gasteiger partial charge >= 0.3 is 17.9 Å². The van der Waals surface area contributed by atoms with Crippen LogP contribution in [0.2, 0.25) is 0 Å². The molecule has 6 nitrogen and oxygen atoms in total. The van der Waals surface area contributed by atoms with Gasteiger partial charge in [-0.05, 0) is 37.8 Å². The molecule has 1 aromatic rings. The Morgan fingerprint density at radius 3 is 2.62 bits per heavy atom.